The Morgan fingerprint density at radius 1 is 0.700 bits per heavy atom. The van der Waals surface area contributed by atoms with E-state index in [1.165, 1.54) is 7.11 Å². The summed E-state index contributed by atoms with van der Waals surface area (Å²) >= 11 is 0. The van der Waals surface area contributed by atoms with E-state index in [2.05, 4.69) is 46.0 Å². The minimum Gasteiger partial charge on any atom is -0.568 e. The zero-order chi connectivity index (χ0) is 33.9. The third-order valence-electron chi connectivity index (χ3n) is 10.1. The second kappa shape index (κ2) is 12.0. The van der Waals surface area contributed by atoms with Gasteiger partial charge in [0.25, 0.3) is 0 Å². The lowest BCUT2D eigenvalue weighted by Gasteiger charge is -2.39. The van der Waals surface area contributed by atoms with Gasteiger partial charge in [-0.05, 0) is 63.7 Å². The van der Waals surface area contributed by atoms with Crippen molar-refractivity contribution in [2.75, 3.05) is 22.8 Å². The molecule has 9 rings (SSSR count). The topological polar surface area (TPSA) is 102 Å². The third-order valence-corrected chi connectivity index (χ3v) is 10.1. The maximum Gasteiger partial charge on any atom is 0.427 e. The van der Waals surface area contributed by atoms with E-state index in [0.717, 1.165) is 77.2 Å². The van der Waals surface area contributed by atoms with Crippen molar-refractivity contribution in [3.8, 4) is 11.5 Å². The molecular weight excluding hydrogens is 624 g/mol. The first-order valence-corrected chi connectivity index (χ1v) is 16.6. The summed E-state index contributed by atoms with van der Waals surface area (Å²) in [6.45, 7) is -0.589. The lowest BCUT2D eigenvalue weighted by atomic mass is 9.64. The first-order chi connectivity index (χ1) is 24.6. The molecule has 2 aliphatic heterocycles. The van der Waals surface area contributed by atoms with Crippen molar-refractivity contribution >= 4 is 91.0 Å². The van der Waals surface area contributed by atoms with Crippen molar-refractivity contribution in [3.63, 3.8) is 0 Å². The van der Waals surface area contributed by atoms with Crippen LogP contribution in [-0.4, -0.2) is 49.1 Å². The van der Waals surface area contributed by atoms with Crippen molar-refractivity contribution in [3.05, 3.63) is 125 Å². The van der Waals surface area contributed by atoms with Crippen molar-refractivity contribution in [2.24, 2.45) is 4.90 Å². The quantitative estimate of drug-likeness (QED) is 0.137. The summed E-state index contributed by atoms with van der Waals surface area (Å²) in [6.07, 6.45) is -0.658. The molecule has 0 amide bonds. The minimum atomic E-state index is -0.658. The van der Waals surface area contributed by atoms with Crippen LogP contribution in [0.15, 0.2) is 114 Å². The van der Waals surface area contributed by atoms with Crippen LogP contribution in [0.4, 0.5) is 17.1 Å². The summed E-state index contributed by atoms with van der Waals surface area (Å²) in [5.41, 5.74) is 6.25. The largest absolute Gasteiger partial charge is 0.568 e. The number of Topliss-reactive ketones (excluding diaryl/α,β-unsaturated/α-hetero) is 1. The van der Waals surface area contributed by atoms with Gasteiger partial charge in [-0.25, -0.2) is 9.78 Å². The lowest BCUT2D eigenvalue weighted by Crippen LogP contribution is -2.52. The van der Waals surface area contributed by atoms with E-state index in [0.29, 0.717) is 5.57 Å². The molecule has 1 fully saturated rings. The highest BCUT2D eigenvalue weighted by molar-refractivity contribution is 6.80. The van der Waals surface area contributed by atoms with Crippen LogP contribution in [0.2, 0.25) is 0 Å². The number of anilines is 3. The molecule has 2 heterocycles. The number of ketones is 1. The van der Waals surface area contributed by atoms with Crippen molar-refractivity contribution in [1.29, 1.82) is 0 Å². The minimum absolute atomic E-state index is 0.0238. The molecule has 6 aromatic carbocycles. The van der Waals surface area contributed by atoms with Crippen LogP contribution in [0, 0.1) is 0 Å². The molecule has 1 saturated carbocycles. The molecule has 0 spiro atoms. The molecule has 240 valence electrons. The monoisotopic (exact) mass is 654 g/mol. The zero-order valence-corrected chi connectivity index (χ0v) is 27.7. The van der Waals surface area contributed by atoms with Gasteiger partial charge in [-0.2, -0.15) is 0 Å². The highest BCUT2D eigenvalue weighted by Crippen LogP contribution is 2.47. The number of hydrogen-bond acceptors (Lipinski definition) is 9. The van der Waals surface area contributed by atoms with E-state index >= 15 is 0 Å². The van der Waals surface area contributed by atoms with E-state index in [9.17, 15) is 4.79 Å². The van der Waals surface area contributed by atoms with Crippen LogP contribution in [0.5, 0.6) is 11.5 Å². The molecule has 3 N–H and O–H groups in total. The summed E-state index contributed by atoms with van der Waals surface area (Å²) in [6, 6.07) is 36.3. The average Bonchev–Trinajstić information content (AvgIpc) is 3.16. The summed E-state index contributed by atoms with van der Waals surface area (Å²) in [5.74, 6) is 0.934. The number of carbonyl (C=O) groups is 1. The fourth-order valence-corrected chi connectivity index (χ4v) is 7.63. The highest BCUT2D eigenvalue weighted by Gasteiger charge is 2.50. The van der Waals surface area contributed by atoms with Gasteiger partial charge in [-0.3, -0.25) is 4.79 Å². The Balaban J connectivity index is 1.19. The molecular formula is C37H30B4N4O5. The Hall–Kier alpha value is -5.64. The summed E-state index contributed by atoms with van der Waals surface area (Å²) in [4.78, 5) is 31.2. The Labute approximate surface area is 290 Å². The van der Waals surface area contributed by atoms with E-state index in [-0.39, 0.29) is 19.7 Å². The molecule has 0 aromatic heterocycles. The van der Waals surface area contributed by atoms with Crippen molar-refractivity contribution < 1.29 is 23.9 Å². The number of benzene rings is 6. The van der Waals surface area contributed by atoms with E-state index in [4.69, 9.17) is 24.0 Å². The van der Waals surface area contributed by atoms with E-state index in [1.54, 1.807) is 16.1 Å². The number of rotatable bonds is 7. The first-order valence-electron chi connectivity index (χ1n) is 16.6. The van der Waals surface area contributed by atoms with Gasteiger partial charge in [0, 0.05) is 38.6 Å². The number of hydrogen-bond donors (Lipinski definition) is 3. The van der Waals surface area contributed by atoms with Crippen LogP contribution in [-0.2, 0) is 14.6 Å². The zero-order valence-electron chi connectivity index (χ0n) is 27.7. The molecule has 2 atom stereocenters. The molecule has 3 aliphatic rings. The smallest absolute Gasteiger partial charge is 0.427 e. The van der Waals surface area contributed by atoms with Gasteiger partial charge < -0.3 is 29.9 Å². The Morgan fingerprint density at radius 2 is 1.34 bits per heavy atom. The maximum atomic E-state index is 14.6. The van der Waals surface area contributed by atoms with Gasteiger partial charge in [-0.15, -0.1) is 0 Å². The second-order valence-electron chi connectivity index (χ2n) is 12.7. The van der Waals surface area contributed by atoms with Crippen LogP contribution in [0.3, 0.4) is 0 Å². The molecule has 0 radical (unpaired) electrons. The number of carbonyl (C=O) groups excluding carboxylic acids is 1. The van der Waals surface area contributed by atoms with Gasteiger partial charge in [0.2, 0.25) is 0 Å². The normalized spacial score (nSPS) is 18.5. The average molecular weight is 654 g/mol. The van der Waals surface area contributed by atoms with Gasteiger partial charge in [0.1, 0.15) is 6.10 Å². The molecule has 1 aliphatic carbocycles. The Bertz CT molecular complexity index is 2460. The number of nitrogens with one attached hydrogen (secondary N) is 3. The molecule has 6 aromatic rings. The first kappa shape index (κ1) is 30.4. The van der Waals surface area contributed by atoms with Crippen LogP contribution in [0.1, 0.15) is 11.5 Å². The van der Waals surface area contributed by atoms with Crippen LogP contribution in [0.25, 0.3) is 27.1 Å². The number of nitrogens with zero attached hydrogens (tertiary/aromatic N) is 1. The summed E-state index contributed by atoms with van der Waals surface area (Å²) < 4.78 is 10.8. The predicted molar refractivity (Wildman–Crippen MR) is 205 cm³/mol. The second-order valence-corrected chi connectivity index (χ2v) is 12.7. The van der Waals surface area contributed by atoms with Crippen LogP contribution >= 0.6 is 0 Å². The molecule has 2 unspecified atom stereocenters. The Kier molecular flexibility index (Phi) is 7.33. The summed E-state index contributed by atoms with van der Waals surface area (Å²) in [7, 11) is 4.79. The summed E-state index contributed by atoms with van der Waals surface area (Å²) in [5, 5.41) is 16.6. The van der Waals surface area contributed by atoms with Crippen LogP contribution < -0.4 is 46.5 Å². The maximum absolute atomic E-state index is 14.6. The molecule has 0 bridgehead atoms. The van der Waals surface area contributed by atoms with Gasteiger partial charge in [-0.1, -0.05) is 72.8 Å². The Morgan fingerprint density at radius 3 is 2.02 bits per heavy atom. The van der Waals surface area contributed by atoms with Gasteiger partial charge in [0.05, 0.1) is 29.9 Å². The SMILES string of the molecule is BOc1ccc(B2N=c3/c(=C4\C(=O)C(c5ccc6cccc7c6c5NB(c5ccc(OB)cc5)N7)C4OOC)ccc4cccc(c34)N2)cc1. The lowest BCUT2D eigenvalue weighted by molar-refractivity contribution is -0.298. The fraction of sp³-hybridized carbons (Fsp3) is 0.0811. The molecule has 9 nitrogen and oxygen atoms in total. The van der Waals surface area contributed by atoms with Crippen molar-refractivity contribution in [1.82, 2.24) is 0 Å². The van der Waals surface area contributed by atoms with Gasteiger partial charge >= 0.3 is 30.1 Å². The van der Waals surface area contributed by atoms with Gasteiger partial charge in [0.15, 0.2) is 5.78 Å². The third kappa shape index (κ3) is 4.76. The molecule has 0 saturated heterocycles. The highest BCUT2D eigenvalue weighted by atomic mass is 17.2. The predicted octanol–water partition coefficient (Wildman–Crippen LogP) is 1.98. The van der Waals surface area contributed by atoms with Crippen molar-refractivity contribution in [2.45, 2.75) is 12.0 Å². The fourth-order valence-electron chi connectivity index (χ4n) is 7.63. The molecule has 50 heavy (non-hydrogen) atoms. The van der Waals surface area contributed by atoms with E-state index < -0.39 is 12.0 Å². The molecule has 13 heteroatoms. The van der Waals surface area contributed by atoms with E-state index in [1.807, 2.05) is 78.9 Å². The standard InChI is InChI=1S/C37H30B4N4O5/c1-47-50-37-32(26-18-8-20-4-2-6-28-30(20)34(26)44-40(42-28)22-10-14-24(48-38)15-11-22)36(46)33(37)27-19-9-21-5-3-7-29-31(21)35(27)45-41(43-29)23-12-16-25(49-39)17-13-23/h2-19,32,37,42-44H,38-39H2,1H3/b33-27+.